The Morgan fingerprint density at radius 2 is 2.20 bits per heavy atom. The van der Waals surface area contributed by atoms with E-state index >= 15 is 0 Å². The van der Waals surface area contributed by atoms with Crippen molar-refractivity contribution in [2.24, 2.45) is 11.8 Å². The van der Waals surface area contributed by atoms with Crippen LogP contribution in [0.1, 0.15) is 29.6 Å². The molecule has 5 nitrogen and oxygen atoms in total. The minimum Gasteiger partial charge on any atom is -0.506 e. The van der Waals surface area contributed by atoms with Gasteiger partial charge in [-0.1, -0.05) is 19.3 Å². The summed E-state index contributed by atoms with van der Waals surface area (Å²) < 4.78 is 5.65. The van der Waals surface area contributed by atoms with Crippen LogP contribution in [-0.2, 0) is 4.74 Å². The number of aromatic nitrogens is 1. The van der Waals surface area contributed by atoms with E-state index in [2.05, 4.69) is 4.98 Å². The molecule has 108 valence electrons. The summed E-state index contributed by atoms with van der Waals surface area (Å²) in [6, 6.07) is 1.47. The van der Waals surface area contributed by atoms with E-state index < -0.39 is 0 Å². The highest BCUT2D eigenvalue weighted by atomic mass is 16.5. The number of carbonyl (C=O) groups is 1. The molecule has 2 aliphatic rings. The Bertz CT molecular complexity index is 488. The number of ether oxygens (including phenoxy) is 1. The molecule has 1 saturated carbocycles. The molecule has 1 unspecified atom stereocenters. The van der Waals surface area contributed by atoms with Crippen LogP contribution in [0.25, 0.3) is 0 Å². The van der Waals surface area contributed by atoms with Crippen LogP contribution in [0.4, 0.5) is 0 Å². The Morgan fingerprint density at radius 1 is 1.35 bits per heavy atom. The van der Waals surface area contributed by atoms with Crippen molar-refractivity contribution < 1.29 is 14.6 Å². The second-order valence-electron chi connectivity index (χ2n) is 5.71. The zero-order valence-electron chi connectivity index (χ0n) is 11.5. The van der Waals surface area contributed by atoms with Crippen LogP contribution in [0.15, 0.2) is 18.5 Å². The second kappa shape index (κ2) is 5.79. The summed E-state index contributed by atoms with van der Waals surface area (Å²) >= 11 is 0. The molecule has 2 heterocycles. The van der Waals surface area contributed by atoms with Crippen LogP contribution in [0.3, 0.4) is 0 Å². The van der Waals surface area contributed by atoms with E-state index in [0.717, 1.165) is 13.2 Å². The van der Waals surface area contributed by atoms with Gasteiger partial charge in [0.1, 0.15) is 5.75 Å². The van der Waals surface area contributed by atoms with Gasteiger partial charge in [0.2, 0.25) is 0 Å². The summed E-state index contributed by atoms with van der Waals surface area (Å²) in [5.41, 5.74) is 0.444. The van der Waals surface area contributed by atoms with E-state index in [0.29, 0.717) is 30.6 Å². The molecule has 0 aromatic carbocycles. The van der Waals surface area contributed by atoms with E-state index in [4.69, 9.17) is 4.74 Å². The molecule has 0 radical (unpaired) electrons. The third kappa shape index (κ3) is 2.77. The Kier molecular flexibility index (Phi) is 3.87. The fourth-order valence-electron chi connectivity index (χ4n) is 2.94. The quantitative estimate of drug-likeness (QED) is 0.892. The Balaban J connectivity index is 1.72. The molecule has 3 rings (SSSR count). The van der Waals surface area contributed by atoms with Crippen LogP contribution >= 0.6 is 0 Å². The lowest BCUT2D eigenvalue weighted by Crippen LogP contribution is -2.39. The molecule has 1 amide bonds. The van der Waals surface area contributed by atoms with Crippen LogP contribution in [0.2, 0.25) is 0 Å². The summed E-state index contributed by atoms with van der Waals surface area (Å²) in [6.07, 6.45) is 6.64. The zero-order valence-corrected chi connectivity index (χ0v) is 11.5. The molecule has 2 fully saturated rings. The van der Waals surface area contributed by atoms with Gasteiger partial charge in [-0.2, -0.15) is 0 Å². The monoisotopic (exact) mass is 276 g/mol. The summed E-state index contributed by atoms with van der Waals surface area (Å²) in [5, 5.41) is 9.45. The highest BCUT2D eigenvalue weighted by molar-refractivity contribution is 5.94. The number of rotatable bonds is 2. The average Bonchev–Trinajstić information content (AvgIpc) is 2.62. The van der Waals surface area contributed by atoms with Gasteiger partial charge in [0.15, 0.2) is 0 Å². The van der Waals surface area contributed by atoms with E-state index in [-0.39, 0.29) is 11.7 Å². The molecule has 0 spiro atoms. The van der Waals surface area contributed by atoms with E-state index in [1.807, 2.05) is 4.90 Å². The van der Waals surface area contributed by atoms with E-state index in [1.165, 1.54) is 37.7 Å². The average molecular weight is 276 g/mol. The number of hydrogen-bond donors (Lipinski definition) is 1. The van der Waals surface area contributed by atoms with Gasteiger partial charge in [-0.05, 0) is 12.0 Å². The number of pyridine rings is 1. The Hall–Kier alpha value is -1.62. The van der Waals surface area contributed by atoms with Gasteiger partial charge in [0, 0.05) is 25.2 Å². The maximum atomic E-state index is 12.5. The van der Waals surface area contributed by atoms with Crippen LogP contribution < -0.4 is 0 Å². The smallest absolute Gasteiger partial charge is 0.255 e. The van der Waals surface area contributed by atoms with E-state index in [1.54, 1.807) is 0 Å². The van der Waals surface area contributed by atoms with Crippen molar-refractivity contribution in [2.75, 3.05) is 26.3 Å². The van der Waals surface area contributed by atoms with Gasteiger partial charge in [-0.3, -0.25) is 9.78 Å². The summed E-state index contributed by atoms with van der Waals surface area (Å²) in [5.74, 6) is 1.10. The maximum absolute atomic E-state index is 12.5. The van der Waals surface area contributed by atoms with Crippen molar-refractivity contribution in [1.29, 1.82) is 0 Å². The second-order valence-corrected chi connectivity index (χ2v) is 5.71. The first-order chi connectivity index (χ1) is 9.74. The lowest BCUT2D eigenvalue weighted by Gasteiger charge is -2.34. The number of hydrogen-bond acceptors (Lipinski definition) is 4. The minimum atomic E-state index is -0.0665. The fraction of sp³-hybridized carbons (Fsp3) is 0.600. The van der Waals surface area contributed by atoms with Gasteiger partial charge in [0.05, 0.1) is 25.0 Å². The van der Waals surface area contributed by atoms with Gasteiger partial charge < -0.3 is 14.7 Å². The molecule has 1 saturated heterocycles. The van der Waals surface area contributed by atoms with Gasteiger partial charge in [0.25, 0.3) is 5.91 Å². The molecule has 1 atom stereocenters. The first kappa shape index (κ1) is 13.4. The van der Waals surface area contributed by atoms with Gasteiger partial charge in [-0.25, -0.2) is 0 Å². The standard InChI is InChI=1S/C15H20N2O3/c18-14-6-12(7-16-8-14)15(19)17-4-5-20-10-13(9-17)11-2-1-3-11/h6-8,11,13,18H,1-5,9-10H2. The Labute approximate surface area is 118 Å². The third-order valence-corrected chi connectivity index (χ3v) is 4.37. The summed E-state index contributed by atoms with van der Waals surface area (Å²) in [6.45, 7) is 2.70. The van der Waals surface area contributed by atoms with Crippen molar-refractivity contribution in [3.63, 3.8) is 0 Å². The zero-order chi connectivity index (χ0) is 13.9. The number of nitrogens with zero attached hydrogens (tertiary/aromatic N) is 2. The minimum absolute atomic E-state index is 0.0254. The largest absolute Gasteiger partial charge is 0.506 e. The normalized spacial score (nSPS) is 24.0. The highest BCUT2D eigenvalue weighted by Crippen LogP contribution is 2.35. The first-order valence-electron chi connectivity index (χ1n) is 7.25. The highest BCUT2D eigenvalue weighted by Gasteiger charge is 2.32. The van der Waals surface area contributed by atoms with Crippen molar-refractivity contribution in [2.45, 2.75) is 19.3 Å². The topological polar surface area (TPSA) is 62.7 Å². The summed E-state index contributed by atoms with van der Waals surface area (Å²) in [4.78, 5) is 18.2. The van der Waals surface area contributed by atoms with Gasteiger partial charge >= 0.3 is 0 Å². The number of carbonyl (C=O) groups excluding carboxylic acids is 1. The van der Waals surface area contributed by atoms with Crippen LogP contribution in [0.5, 0.6) is 5.75 Å². The number of amides is 1. The first-order valence-corrected chi connectivity index (χ1v) is 7.25. The molecule has 5 heteroatoms. The molecular weight excluding hydrogens is 256 g/mol. The lowest BCUT2D eigenvalue weighted by atomic mass is 9.76. The van der Waals surface area contributed by atoms with Crippen LogP contribution in [-0.4, -0.2) is 47.2 Å². The molecular formula is C15H20N2O3. The van der Waals surface area contributed by atoms with Crippen molar-refractivity contribution in [3.05, 3.63) is 24.0 Å². The van der Waals surface area contributed by atoms with Crippen molar-refractivity contribution >= 4 is 5.91 Å². The molecule has 1 aromatic rings. The fourth-order valence-corrected chi connectivity index (χ4v) is 2.94. The number of aromatic hydroxyl groups is 1. The molecule has 1 aromatic heterocycles. The predicted octanol–water partition coefficient (Wildman–Crippen LogP) is 1.68. The molecule has 1 aliphatic heterocycles. The predicted molar refractivity (Wildman–Crippen MR) is 73.5 cm³/mol. The maximum Gasteiger partial charge on any atom is 0.255 e. The van der Waals surface area contributed by atoms with Gasteiger partial charge in [-0.15, -0.1) is 0 Å². The van der Waals surface area contributed by atoms with Crippen LogP contribution in [0, 0.1) is 11.8 Å². The SMILES string of the molecule is O=C(c1cncc(O)c1)N1CCOCC(C2CCC2)C1. The molecule has 1 aliphatic carbocycles. The Morgan fingerprint density at radius 3 is 2.90 bits per heavy atom. The lowest BCUT2D eigenvalue weighted by molar-refractivity contribution is 0.0686. The third-order valence-electron chi connectivity index (χ3n) is 4.37. The van der Waals surface area contributed by atoms with E-state index in [9.17, 15) is 9.90 Å². The molecule has 1 N–H and O–H groups in total. The molecule has 20 heavy (non-hydrogen) atoms. The van der Waals surface area contributed by atoms with Crippen molar-refractivity contribution in [1.82, 2.24) is 9.88 Å². The van der Waals surface area contributed by atoms with Crippen molar-refractivity contribution in [3.8, 4) is 5.75 Å². The summed E-state index contributed by atoms with van der Waals surface area (Å²) in [7, 11) is 0. The molecule has 0 bridgehead atoms.